The number of thioether (sulfide) groups is 1. The lowest BCUT2D eigenvalue weighted by Crippen LogP contribution is -2.29. The van der Waals surface area contributed by atoms with E-state index >= 15 is 0 Å². The Hall–Kier alpha value is -2.31. The van der Waals surface area contributed by atoms with Gasteiger partial charge in [0.25, 0.3) is 0 Å². The molecule has 152 valence electrons. The lowest BCUT2D eigenvalue weighted by molar-refractivity contribution is -0.121. The van der Waals surface area contributed by atoms with Crippen LogP contribution in [0, 0.1) is 0 Å². The van der Waals surface area contributed by atoms with Crippen molar-refractivity contribution in [3.8, 4) is 5.69 Å². The molecule has 0 unspecified atom stereocenters. The van der Waals surface area contributed by atoms with E-state index in [1.807, 2.05) is 56.3 Å². The monoisotopic (exact) mass is 428 g/mol. The van der Waals surface area contributed by atoms with Crippen molar-refractivity contribution in [2.24, 2.45) is 0 Å². The summed E-state index contributed by atoms with van der Waals surface area (Å²) in [6.45, 7) is 3.93. The van der Waals surface area contributed by atoms with Crippen molar-refractivity contribution in [3.05, 3.63) is 71.0 Å². The first-order valence-electron chi connectivity index (χ1n) is 9.69. The van der Waals surface area contributed by atoms with Gasteiger partial charge in [-0.15, -0.1) is 10.2 Å². The van der Waals surface area contributed by atoms with Gasteiger partial charge < -0.3 is 5.32 Å². The van der Waals surface area contributed by atoms with Gasteiger partial charge in [0.2, 0.25) is 5.91 Å². The molecular formula is C22H25ClN4OS. The Labute approximate surface area is 180 Å². The maximum atomic E-state index is 11.8. The Morgan fingerprint density at radius 1 is 1.14 bits per heavy atom. The van der Waals surface area contributed by atoms with Crippen LogP contribution in [0.1, 0.15) is 38.1 Å². The smallest absolute Gasteiger partial charge is 0.220 e. The summed E-state index contributed by atoms with van der Waals surface area (Å²) < 4.78 is 2.05. The lowest BCUT2D eigenvalue weighted by atomic mass is 10.1. The van der Waals surface area contributed by atoms with E-state index in [-0.39, 0.29) is 11.9 Å². The highest BCUT2D eigenvalue weighted by molar-refractivity contribution is 7.99. The average molecular weight is 429 g/mol. The SMILES string of the molecule is CC(C)NC(=O)CCCSc1nnc(Cc2ccccc2)n1-c1cccc(Cl)c1. The molecule has 5 nitrogen and oxygen atoms in total. The van der Waals surface area contributed by atoms with Crippen LogP contribution in [-0.2, 0) is 11.2 Å². The molecule has 3 rings (SSSR count). The fraction of sp³-hybridized carbons (Fsp3) is 0.318. The minimum absolute atomic E-state index is 0.0849. The number of halogens is 1. The molecule has 0 spiro atoms. The average Bonchev–Trinajstić information content (AvgIpc) is 3.08. The standard InChI is InChI=1S/C22H25ClN4OS/c1-16(2)24-21(28)12-7-13-29-22-26-25-20(14-17-8-4-3-5-9-17)27(22)19-11-6-10-18(23)15-19/h3-6,8-11,15-16H,7,12-14H2,1-2H3,(H,24,28). The van der Waals surface area contributed by atoms with Crippen molar-refractivity contribution in [1.29, 1.82) is 0 Å². The summed E-state index contributed by atoms with van der Waals surface area (Å²) in [6, 6.07) is 18.1. The van der Waals surface area contributed by atoms with Crippen LogP contribution in [0.3, 0.4) is 0 Å². The van der Waals surface area contributed by atoms with Crippen molar-refractivity contribution < 1.29 is 4.79 Å². The summed E-state index contributed by atoms with van der Waals surface area (Å²) in [5, 5.41) is 13.3. The number of hydrogen-bond donors (Lipinski definition) is 1. The predicted octanol–water partition coefficient (Wildman–Crippen LogP) is 4.91. The Balaban J connectivity index is 1.75. The van der Waals surface area contributed by atoms with Crippen molar-refractivity contribution in [3.63, 3.8) is 0 Å². The van der Waals surface area contributed by atoms with Gasteiger partial charge in [-0.2, -0.15) is 0 Å². The number of aromatic nitrogens is 3. The van der Waals surface area contributed by atoms with Crippen LogP contribution in [0.25, 0.3) is 5.69 Å². The highest BCUT2D eigenvalue weighted by atomic mass is 35.5. The minimum Gasteiger partial charge on any atom is -0.354 e. The van der Waals surface area contributed by atoms with Crippen molar-refractivity contribution in [2.75, 3.05) is 5.75 Å². The molecule has 0 radical (unpaired) electrons. The van der Waals surface area contributed by atoms with E-state index in [0.717, 1.165) is 28.8 Å². The van der Waals surface area contributed by atoms with E-state index in [0.29, 0.717) is 17.9 Å². The van der Waals surface area contributed by atoms with E-state index in [1.165, 1.54) is 5.56 Å². The fourth-order valence-corrected chi connectivity index (χ4v) is 4.05. The molecule has 2 aromatic carbocycles. The molecule has 0 saturated heterocycles. The van der Waals surface area contributed by atoms with E-state index in [1.54, 1.807) is 11.8 Å². The van der Waals surface area contributed by atoms with Gasteiger partial charge >= 0.3 is 0 Å². The second-order valence-electron chi connectivity index (χ2n) is 7.05. The van der Waals surface area contributed by atoms with Crippen LogP contribution >= 0.6 is 23.4 Å². The summed E-state index contributed by atoms with van der Waals surface area (Å²) in [6.07, 6.45) is 1.96. The Kier molecular flexibility index (Phi) is 7.72. The first kappa shape index (κ1) is 21.4. The zero-order valence-electron chi connectivity index (χ0n) is 16.6. The fourth-order valence-electron chi connectivity index (χ4n) is 2.95. The van der Waals surface area contributed by atoms with Crippen LogP contribution in [0.5, 0.6) is 0 Å². The molecule has 7 heteroatoms. The molecule has 1 amide bonds. The van der Waals surface area contributed by atoms with Gasteiger partial charge in [-0.1, -0.05) is 59.8 Å². The second-order valence-corrected chi connectivity index (χ2v) is 8.55. The van der Waals surface area contributed by atoms with Gasteiger partial charge in [-0.05, 0) is 44.0 Å². The number of rotatable bonds is 9. The number of amides is 1. The maximum absolute atomic E-state index is 11.8. The van der Waals surface area contributed by atoms with Crippen molar-refractivity contribution >= 4 is 29.3 Å². The molecule has 1 heterocycles. The molecule has 1 aromatic heterocycles. The molecule has 0 bridgehead atoms. The van der Waals surface area contributed by atoms with Crippen LogP contribution in [0.2, 0.25) is 5.02 Å². The maximum Gasteiger partial charge on any atom is 0.220 e. The largest absolute Gasteiger partial charge is 0.354 e. The second kappa shape index (κ2) is 10.5. The number of carbonyl (C=O) groups is 1. The number of carbonyl (C=O) groups excluding carboxylic acids is 1. The third kappa shape index (κ3) is 6.34. The van der Waals surface area contributed by atoms with Gasteiger partial charge in [0.05, 0.1) is 5.69 Å². The molecule has 1 N–H and O–H groups in total. The third-order valence-corrected chi connectivity index (χ3v) is 5.45. The van der Waals surface area contributed by atoms with Crippen LogP contribution < -0.4 is 5.32 Å². The van der Waals surface area contributed by atoms with Crippen LogP contribution in [-0.4, -0.2) is 32.5 Å². The summed E-state index contributed by atoms with van der Waals surface area (Å²) >= 11 is 7.83. The van der Waals surface area contributed by atoms with Gasteiger partial charge in [-0.3, -0.25) is 9.36 Å². The van der Waals surface area contributed by atoms with Gasteiger partial charge in [0.15, 0.2) is 5.16 Å². The van der Waals surface area contributed by atoms with Crippen molar-refractivity contribution in [2.45, 2.75) is 44.3 Å². The summed E-state index contributed by atoms with van der Waals surface area (Å²) in [7, 11) is 0. The molecule has 0 aliphatic heterocycles. The normalized spacial score (nSPS) is 11.0. The highest BCUT2D eigenvalue weighted by Gasteiger charge is 2.15. The first-order chi connectivity index (χ1) is 14.0. The van der Waals surface area contributed by atoms with E-state index in [2.05, 4.69) is 32.2 Å². The van der Waals surface area contributed by atoms with Gasteiger partial charge in [0, 0.05) is 29.7 Å². The molecule has 0 aliphatic rings. The molecule has 29 heavy (non-hydrogen) atoms. The first-order valence-corrected chi connectivity index (χ1v) is 11.1. The lowest BCUT2D eigenvalue weighted by Gasteiger charge is -2.11. The highest BCUT2D eigenvalue weighted by Crippen LogP contribution is 2.25. The molecule has 3 aromatic rings. The molecular weight excluding hydrogens is 404 g/mol. The van der Waals surface area contributed by atoms with Gasteiger partial charge in [-0.25, -0.2) is 0 Å². The molecule has 0 saturated carbocycles. The Bertz CT molecular complexity index is 943. The molecule has 0 aliphatic carbocycles. The van der Waals surface area contributed by atoms with Crippen LogP contribution in [0.4, 0.5) is 0 Å². The predicted molar refractivity (Wildman–Crippen MR) is 119 cm³/mol. The quantitative estimate of drug-likeness (QED) is 0.388. The van der Waals surface area contributed by atoms with Crippen molar-refractivity contribution in [1.82, 2.24) is 20.1 Å². The summed E-state index contributed by atoms with van der Waals surface area (Å²) in [5.41, 5.74) is 2.11. The number of benzene rings is 2. The Morgan fingerprint density at radius 3 is 2.66 bits per heavy atom. The van der Waals surface area contributed by atoms with Crippen LogP contribution in [0.15, 0.2) is 59.8 Å². The van der Waals surface area contributed by atoms with E-state index < -0.39 is 0 Å². The summed E-state index contributed by atoms with van der Waals surface area (Å²) in [4.78, 5) is 11.8. The summed E-state index contributed by atoms with van der Waals surface area (Å²) in [5.74, 6) is 1.73. The zero-order valence-corrected chi connectivity index (χ0v) is 18.2. The zero-order chi connectivity index (χ0) is 20.6. The van der Waals surface area contributed by atoms with Gasteiger partial charge in [0.1, 0.15) is 5.82 Å². The van der Waals surface area contributed by atoms with E-state index in [9.17, 15) is 4.79 Å². The number of nitrogens with zero attached hydrogens (tertiary/aromatic N) is 3. The minimum atomic E-state index is 0.0849. The number of hydrogen-bond acceptors (Lipinski definition) is 4. The number of nitrogens with one attached hydrogen (secondary N) is 1. The topological polar surface area (TPSA) is 59.8 Å². The third-order valence-electron chi connectivity index (χ3n) is 4.20. The Morgan fingerprint density at radius 2 is 1.93 bits per heavy atom. The van der Waals surface area contributed by atoms with E-state index in [4.69, 9.17) is 11.6 Å². The molecule has 0 atom stereocenters. The molecule has 0 fully saturated rings.